The molecule has 2 rings (SSSR count). The van der Waals surface area contributed by atoms with Crippen LogP contribution in [0.4, 0.5) is 4.79 Å². The molecule has 1 atom stereocenters. The molecule has 5 heteroatoms. The lowest BCUT2D eigenvalue weighted by atomic mass is 9.90. The lowest BCUT2D eigenvalue weighted by Gasteiger charge is -2.28. The van der Waals surface area contributed by atoms with Crippen molar-refractivity contribution in [1.82, 2.24) is 5.32 Å². The number of carboxylic acids is 1. The summed E-state index contributed by atoms with van der Waals surface area (Å²) >= 11 is 0. The Morgan fingerprint density at radius 3 is 2.50 bits per heavy atom. The summed E-state index contributed by atoms with van der Waals surface area (Å²) in [6, 6.07) is 9.28. The van der Waals surface area contributed by atoms with Crippen molar-refractivity contribution in [2.75, 3.05) is 0 Å². The summed E-state index contributed by atoms with van der Waals surface area (Å²) in [5.41, 5.74) is -0.320. The number of hydrogen-bond donors (Lipinski definition) is 2. The molecule has 1 aliphatic rings. The van der Waals surface area contributed by atoms with Crippen molar-refractivity contribution in [3.05, 3.63) is 35.9 Å². The van der Waals surface area contributed by atoms with Gasteiger partial charge < -0.3 is 15.2 Å². The molecule has 1 saturated carbocycles. The van der Waals surface area contributed by atoms with E-state index in [0.29, 0.717) is 6.42 Å². The maximum absolute atomic E-state index is 11.8. The van der Waals surface area contributed by atoms with Gasteiger partial charge in [0, 0.05) is 0 Å². The number of nitrogens with one attached hydrogen (secondary N) is 1. The Morgan fingerprint density at radius 2 is 2.00 bits per heavy atom. The molecule has 1 unspecified atom stereocenters. The highest BCUT2D eigenvalue weighted by atomic mass is 16.5. The quantitative estimate of drug-likeness (QED) is 0.838. The fourth-order valence-electron chi connectivity index (χ4n) is 2.38. The molecule has 0 aliphatic heterocycles. The zero-order valence-corrected chi connectivity index (χ0v) is 11.5. The van der Waals surface area contributed by atoms with Crippen LogP contribution < -0.4 is 5.32 Å². The number of carboxylic acid groups (broad SMARTS) is 1. The van der Waals surface area contributed by atoms with E-state index in [1.54, 1.807) is 6.92 Å². The van der Waals surface area contributed by atoms with Crippen LogP contribution in [0.25, 0.3) is 0 Å². The Hall–Kier alpha value is -2.04. The Balaban J connectivity index is 1.94. The number of amides is 1. The van der Waals surface area contributed by atoms with Crippen LogP contribution in [0.2, 0.25) is 0 Å². The number of alkyl carbamates (subject to hydrolysis) is 1. The minimum atomic E-state index is -1.19. The van der Waals surface area contributed by atoms with Gasteiger partial charge >= 0.3 is 12.1 Å². The summed E-state index contributed by atoms with van der Waals surface area (Å²) in [4.78, 5) is 23.3. The van der Waals surface area contributed by atoms with Gasteiger partial charge in [-0.15, -0.1) is 0 Å². The Labute approximate surface area is 117 Å². The predicted octanol–water partition coefficient (Wildman–Crippen LogP) is 2.56. The molecule has 1 aliphatic carbocycles. The molecule has 0 heterocycles. The monoisotopic (exact) mass is 277 g/mol. The Kier molecular flexibility index (Phi) is 4.27. The molecule has 0 bridgehead atoms. The van der Waals surface area contributed by atoms with Gasteiger partial charge in [0.05, 0.1) is 0 Å². The number of carbonyl (C=O) groups is 2. The largest absolute Gasteiger partial charge is 0.479 e. The maximum atomic E-state index is 11.8. The lowest BCUT2D eigenvalue weighted by molar-refractivity contribution is -0.145. The smallest absolute Gasteiger partial charge is 0.408 e. The Morgan fingerprint density at radius 1 is 1.35 bits per heavy atom. The molecule has 0 saturated heterocycles. The first-order chi connectivity index (χ1) is 9.58. The molecule has 0 radical (unpaired) electrons. The van der Waals surface area contributed by atoms with Crippen molar-refractivity contribution in [2.24, 2.45) is 5.92 Å². The zero-order chi connectivity index (χ0) is 14.6. The second-order valence-electron chi connectivity index (χ2n) is 5.09. The van der Waals surface area contributed by atoms with E-state index in [0.717, 1.165) is 18.4 Å². The molecule has 0 spiro atoms. The van der Waals surface area contributed by atoms with Gasteiger partial charge in [-0.3, -0.25) is 0 Å². The maximum Gasteiger partial charge on any atom is 0.408 e. The normalized spacial score (nSPS) is 17.1. The van der Waals surface area contributed by atoms with Gasteiger partial charge in [0.2, 0.25) is 0 Å². The summed E-state index contributed by atoms with van der Waals surface area (Å²) in [6.07, 6.45) is 1.34. The summed E-state index contributed by atoms with van der Waals surface area (Å²) in [5.74, 6) is -0.978. The van der Waals surface area contributed by atoms with Gasteiger partial charge in [-0.25, -0.2) is 9.59 Å². The fourth-order valence-corrected chi connectivity index (χ4v) is 2.38. The molecule has 2 N–H and O–H groups in total. The van der Waals surface area contributed by atoms with Crippen LogP contribution in [-0.4, -0.2) is 22.7 Å². The number of ether oxygens (including phenoxy) is 1. The summed E-state index contributed by atoms with van der Waals surface area (Å²) in [6.45, 7) is 1.90. The first-order valence-electron chi connectivity index (χ1n) is 6.80. The second-order valence-corrected chi connectivity index (χ2v) is 5.09. The van der Waals surface area contributed by atoms with E-state index in [1.807, 2.05) is 30.3 Å². The molecule has 108 valence electrons. The molecule has 20 heavy (non-hydrogen) atoms. The lowest BCUT2D eigenvalue weighted by Crippen LogP contribution is -2.56. The number of benzene rings is 1. The molecule has 5 nitrogen and oxygen atoms in total. The van der Waals surface area contributed by atoms with E-state index >= 15 is 0 Å². The third-order valence-electron chi connectivity index (χ3n) is 3.75. The number of carbonyl (C=O) groups excluding carboxylic acids is 1. The molecular weight excluding hydrogens is 258 g/mol. The van der Waals surface area contributed by atoms with Crippen molar-refractivity contribution in [3.63, 3.8) is 0 Å². The highest BCUT2D eigenvalue weighted by Gasteiger charge is 2.51. The van der Waals surface area contributed by atoms with Crippen molar-refractivity contribution in [1.29, 1.82) is 0 Å². The van der Waals surface area contributed by atoms with Gasteiger partial charge in [0.25, 0.3) is 0 Å². The molecular formula is C15H19NO4. The van der Waals surface area contributed by atoms with Crippen molar-refractivity contribution < 1.29 is 19.4 Å². The SMILES string of the molecule is CCC(NC(=O)OCc1ccccc1)(C(=O)O)C1CC1. The third kappa shape index (κ3) is 3.10. The average Bonchev–Trinajstić information content (AvgIpc) is 3.28. The highest BCUT2D eigenvalue weighted by Crippen LogP contribution is 2.41. The molecule has 0 aromatic heterocycles. The van der Waals surface area contributed by atoms with Gasteiger partial charge in [-0.05, 0) is 30.7 Å². The van der Waals surface area contributed by atoms with Crippen LogP contribution in [0.5, 0.6) is 0 Å². The predicted molar refractivity (Wildman–Crippen MR) is 73.1 cm³/mol. The van der Waals surface area contributed by atoms with Gasteiger partial charge in [-0.2, -0.15) is 0 Å². The van der Waals surface area contributed by atoms with Crippen molar-refractivity contribution >= 4 is 12.1 Å². The van der Waals surface area contributed by atoms with E-state index in [1.165, 1.54) is 0 Å². The third-order valence-corrected chi connectivity index (χ3v) is 3.75. The van der Waals surface area contributed by atoms with Crippen molar-refractivity contribution in [2.45, 2.75) is 38.3 Å². The number of rotatable bonds is 6. The van der Waals surface area contributed by atoms with Crippen LogP contribution in [0.15, 0.2) is 30.3 Å². The van der Waals surface area contributed by atoms with E-state index in [4.69, 9.17) is 4.74 Å². The zero-order valence-electron chi connectivity index (χ0n) is 11.5. The van der Waals surface area contributed by atoms with Crippen molar-refractivity contribution in [3.8, 4) is 0 Å². The fraction of sp³-hybridized carbons (Fsp3) is 0.467. The minimum Gasteiger partial charge on any atom is -0.479 e. The van der Waals surface area contributed by atoms with Crippen LogP contribution in [0.1, 0.15) is 31.7 Å². The second kappa shape index (κ2) is 5.94. The first kappa shape index (κ1) is 14.4. The van der Waals surface area contributed by atoms with Gasteiger partial charge in [0.1, 0.15) is 12.1 Å². The van der Waals surface area contributed by atoms with E-state index in [-0.39, 0.29) is 12.5 Å². The minimum absolute atomic E-state index is 0.00859. The summed E-state index contributed by atoms with van der Waals surface area (Å²) in [5, 5.41) is 11.9. The van der Waals surface area contributed by atoms with E-state index in [2.05, 4.69) is 5.32 Å². The Bertz CT molecular complexity index is 484. The molecule has 1 aromatic carbocycles. The summed E-state index contributed by atoms with van der Waals surface area (Å²) < 4.78 is 5.10. The van der Waals surface area contributed by atoms with Crippen LogP contribution in [0.3, 0.4) is 0 Å². The van der Waals surface area contributed by atoms with Gasteiger partial charge in [0.15, 0.2) is 0 Å². The molecule has 1 fully saturated rings. The average molecular weight is 277 g/mol. The van der Waals surface area contributed by atoms with Crippen LogP contribution in [0, 0.1) is 5.92 Å². The molecule has 1 aromatic rings. The number of hydrogen-bond acceptors (Lipinski definition) is 3. The first-order valence-corrected chi connectivity index (χ1v) is 6.80. The van der Waals surface area contributed by atoms with E-state index in [9.17, 15) is 14.7 Å². The standard InChI is InChI=1S/C15H19NO4/c1-2-15(13(17)18,12-8-9-12)16-14(19)20-10-11-6-4-3-5-7-11/h3-7,12H,2,8-10H2,1H3,(H,16,19)(H,17,18). The summed E-state index contributed by atoms with van der Waals surface area (Å²) in [7, 11) is 0. The molecule has 1 amide bonds. The van der Waals surface area contributed by atoms with Gasteiger partial charge in [-0.1, -0.05) is 37.3 Å². The highest BCUT2D eigenvalue weighted by molar-refractivity contribution is 5.85. The number of aliphatic carboxylic acids is 1. The van der Waals surface area contributed by atoms with E-state index < -0.39 is 17.6 Å². The topological polar surface area (TPSA) is 75.6 Å². The van der Waals surface area contributed by atoms with Crippen LogP contribution in [-0.2, 0) is 16.1 Å². The van der Waals surface area contributed by atoms with Crippen LogP contribution >= 0.6 is 0 Å².